The van der Waals surface area contributed by atoms with Crippen LogP contribution in [0.25, 0.3) is 11.4 Å². The van der Waals surface area contributed by atoms with Gasteiger partial charge in [0.1, 0.15) is 11.6 Å². The molecule has 0 saturated carbocycles. The SMILES string of the molecule is Cc1nc(N)nc(-c2cccnc2Nc2cnc(Cl)c(N(C)N(C(C)C)S(N)(=O)=O)c2)n1. The van der Waals surface area contributed by atoms with E-state index in [1.807, 2.05) is 0 Å². The van der Waals surface area contributed by atoms with Crippen molar-refractivity contribution in [3.05, 3.63) is 41.6 Å². The Morgan fingerprint density at radius 1 is 1.19 bits per heavy atom. The van der Waals surface area contributed by atoms with Crippen LogP contribution in [-0.2, 0) is 10.2 Å². The van der Waals surface area contributed by atoms with Crippen LogP contribution >= 0.6 is 11.6 Å². The Kier molecular flexibility index (Phi) is 6.74. The summed E-state index contributed by atoms with van der Waals surface area (Å²) in [6.45, 7) is 5.09. The number of halogens is 1. The van der Waals surface area contributed by atoms with E-state index in [4.69, 9.17) is 22.5 Å². The molecule has 0 aliphatic rings. The quantitative estimate of drug-likeness (QED) is 0.336. The summed E-state index contributed by atoms with van der Waals surface area (Å²) in [6, 6.07) is 4.69. The van der Waals surface area contributed by atoms with Gasteiger partial charge in [-0.25, -0.2) is 20.1 Å². The fraction of sp³-hybridized carbons (Fsp3) is 0.278. The molecule has 0 aliphatic heterocycles. The zero-order valence-electron chi connectivity index (χ0n) is 17.9. The second kappa shape index (κ2) is 9.16. The van der Waals surface area contributed by atoms with Crippen molar-refractivity contribution >= 4 is 45.0 Å². The van der Waals surface area contributed by atoms with Crippen LogP contribution < -0.4 is 21.2 Å². The fourth-order valence-corrected chi connectivity index (χ4v) is 4.34. The molecule has 170 valence electrons. The number of aryl methyl sites for hydroxylation is 1. The minimum absolute atomic E-state index is 0.0921. The minimum Gasteiger partial charge on any atom is -0.368 e. The van der Waals surface area contributed by atoms with Crippen molar-refractivity contribution in [1.82, 2.24) is 29.3 Å². The maximum atomic E-state index is 12.1. The average Bonchev–Trinajstić information content (AvgIpc) is 2.67. The summed E-state index contributed by atoms with van der Waals surface area (Å²) in [5.74, 6) is 1.35. The fourth-order valence-electron chi connectivity index (χ4n) is 3.09. The third-order valence-electron chi connectivity index (χ3n) is 4.24. The van der Waals surface area contributed by atoms with Crippen molar-refractivity contribution in [3.63, 3.8) is 0 Å². The molecule has 0 fully saturated rings. The number of nitrogen functional groups attached to an aromatic ring is 1. The minimum atomic E-state index is -4.05. The average molecular weight is 479 g/mol. The van der Waals surface area contributed by atoms with Gasteiger partial charge >= 0.3 is 0 Å². The standard InChI is InChI=1S/C18H23ClN10O2S/c1-10(2)29(32(21,30)31)28(4)14-8-12(9-23-15(14)19)26-16-13(6-5-7-22-16)17-24-11(3)25-18(20)27-17/h5-10H,1-4H3,(H,22,26)(H2,21,30,31)(H2,20,24,25,27). The van der Waals surface area contributed by atoms with Crippen LogP contribution in [0.4, 0.5) is 23.1 Å². The molecule has 0 unspecified atom stereocenters. The van der Waals surface area contributed by atoms with Gasteiger partial charge in [-0.2, -0.15) is 18.4 Å². The molecule has 3 rings (SSSR count). The van der Waals surface area contributed by atoms with Crippen LogP contribution in [0.3, 0.4) is 0 Å². The maximum Gasteiger partial charge on any atom is 0.294 e. The van der Waals surface area contributed by atoms with Gasteiger partial charge in [0.25, 0.3) is 10.2 Å². The second-order valence-corrected chi connectivity index (χ2v) is 8.82. The smallest absolute Gasteiger partial charge is 0.294 e. The molecule has 0 bridgehead atoms. The van der Waals surface area contributed by atoms with Crippen molar-refractivity contribution in [3.8, 4) is 11.4 Å². The summed E-state index contributed by atoms with van der Waals surface area (Å²) in [4.78, 5) is 21.0. The van der Waals surface area contributed by atoms with E-state index < -0.39 is 16.3 Å². The highest BCUT2D eigenvalue weighted by Gasteiger charge is 2.27. The number of hydrogen-bond donors (Lipinski definition) is 3. The third-order valence-corrected chi connectivity index (χ3v) is 5.72. The highest BCUT2D eigenvalue weighted by Crippen LogP contribution is 2.31. The van der Waals surface area contributed by atoms with Crippen LogP contribution in [0, 0.1) is 6.92 Å². The van der Waals surface area contributed by atoms with Crippen molar-refractivity contribution in [1.29, 1.82) is 0 Å². The normalized spacial score (nSPS) is 11.8. The molecule has 0 spiro atoms. The van der Waals surface area contributed by atoms with Gasteiger partial charge in [0.15, 0.2) is 11.0 Å². The van der Waals surface area contributed by atoms with Crippen LogP contribution in [0.15, 0.2) is 30.6 Å². The van der Waals surface area contributed by atoms with Crippen LogP contribution in [0.2, 0.25) is 5.15 Å². The number of hydrogen-bond acceptors (Lipinski definition) is 10. The van der Waals surface area contributed by atoms with Crippen LogP contribution in [-0.4, -0.2) is 50.8 Å². The van der Waals surface area contributed by atoms with Crippen molar-refractivity contribution < 1.29 is 8.42 Å². The first-order valence-electron chi connectivity index (χ1n) is 9.39. The lowest BCUT2D eigenvalue weighted by atomic mass is 10.2. The molecule has 5 N–H and O–H groups in total. The molecule has 0 amide bonds. The van der Waals surface area contributed by atoms with Gasteiger partial charge < -0.3 is 11.1 Å². The molecule has 3 aromatic rings. The van der Waals surface area contributed by atoms with E-state index >= 15 is 0 Å². The van der Waals surface area contributed by atoms with Gasteiger partial charge in [0.2, 0.25) is 5.95 Å². The first-order chi connectivity index (χ1) is 15.0. The molecule has 14 heteroatoms. The Balaban J connectivity index is 2.01. The van der Waals surface area contributed by atoms with Gasteiger partial charge in [-0.3, -0.25) is 5.01 Å². The number of rotatable bonds is 7. The first-order valence-corrected chi connectivity index (χ1v) is 11.3. The Hall–Kier alpha value is -3.13. The van der Waals surface area contributed by atoms with E-state index in [0.29, 0.717) is 34.4 Å². The molecule has 0 aliphatic carbocycles. The topological polar surface area (TPSA) is 169 Å². The zero-order chi connectivity index (χ0) is 23.6. The number of nitrogens with zero attached hydrogens (tertiary/aromatic N) is 7. The Bertz CT molecular complexity index is 1220. The number of anilines is 4. The molecular weight excluding hydrogens is 456 g/mol. The Morgan fingerprint density at radius 2 is 1.91 bits per heavy atom. The summed E-state index contributed by atoms with van der Waals surface area (Å²) < 4.78 is 25.2. The highest BCUT2D eigenvalue weighted by molar-refractivity contribution is 7.86. The summed E-state index contributed by atoms with van der Waals surface area (Å²) >= 11 is 6.26. The first kappa shape index (κ1) is 23.5. The monoisotopic (exact) mass is 478 g/mol. The van der Waals surface area contributed by atoms with E-state index in [1.54, 1.807) is 45.2 Å². The van der Waals surface area contributed by atoms with Gasteiger partial charge in [0, 0.05) is 19.3 Å². The Morgan fingerprint density at radius 3 is 2.53 bits per heavy atom. The molecule has 12 nitrogen and oxygen atoms in total. The molecule has 0 aromatic carbocycles. The molecule has 0 atom stereocenters. The maximum absolute atomic E-state index is 12.1. The van der Waals surface area contributed by atoms with Crippen molar-refractivity contribution in [2.75, 3.05) is 23.1 Å². The summed E-state index contributed by atoms with van der Waals surface area (Å²) in [5, 5.41) is 9.94. The summed E-state index contributed by atoms with van der Waals surface area (Å²) in [7, 11) is -2.52. The van der Waals surface area contributed by atoms with E-state index in [0.717, 1.165) is 4.41 Å². The number of nitrogens with two attached hydrogens (primary N) is 2. The number of nitrogens with one attached hydrogen (secondary N) is 1. The largest absolute Gasteiger partial charge is 0.368 e. The molecule has 3 heterocycles. The zero-order valence-corrected chi connectivity index (χ0v) is 19.4. The molecule has 0 saturated heterocycles. The van der Waals surface area contributed by atoms with Crippen LogP contribution in [0.1, 0.15) is 19.7 Å². The molecule has 3 aromatic heterocycles. The number of aromatic nitrogens is 5. The third kappa shape index (κ3) is 5.19. The predicted molar refractivity (Wildman–Crippen MR) is 123 cm³/mol. The van der Waals surface area contributed by atoms with E-state index in [1.165, 1.54) is 18.3 Å². The lowest BCUT2D eigenvalue weighted by molar-refractivity contribution is 0.346. The molecular formula is C18H23ClN10O2S. The predicted octanol–water partition coefficient (Wildman–Crippen LogP) is 1.88. The lowest BCUT2D eigenvalue weighted by Crippen LogP contribution is -2.51. The van der Waals surface area contributed by atoms with Gasteiger partial charge in [-0.05, 0) is 39.0 Å². The summed E-state index contributed by atoms with van der Waals surface area (Å²) in [6.07, 6.45) is 3.09. The number of pyridine rings is 2. The van der Waals surface area contributed by atoms with E-state index in [2.05, 4.69) is 30.2 Å². The number of hydrazine groups is 1. The molecule has 0 radical (unpaired) electrons. The van der Waals surface area contributed by atoms with E-state index in [9.17, 15) is 8.42 Å². The Labute approximate surface area is 190 Å². The van der Waals surface area contributed by atoms with Crippen LogP contribution in [0.5, 0.6) is 0 Å². The highest BCUT2D eigenvalue weighted by atomic mass is 35.5. The van der Waals surface area contributed by atoms with Crippen molar-refractivity contribution in [2.45, 2.75) is 26.8 Å². The second-order valence-electron chi connectivity index (χ2n) is 7.06. The van der Waals surface area contributed by atoms with E-state index in [-0.39, 0.29) is 11.1 Å². The molecule has 32 heavy (non-hydrogen) atoms. The lowest BCUT2D eigenvalue weighted by Gasteiger charge is -2.34. The van der Waals surface area contributed by atoms with Gasteiger partial charge in [-0.15, -0.1) is 0 Å². The summed E-state index contributed by atoms with van der Waals surface area (Å²) in [5.41, 5.74) is 7.16. The van der Waals surface area contributed by atoms with Gasteiger partial charge in [-0.1, -0.05) is 16.0 Å². The van der Waals surface area contributed by atoms with Gasteiger partial charge in [0.05, 0.1) is 23.1 Å². The van der Waals surface area contributed by atoms with Crippen molar-refractivity contribution in [2.24, 2.45) is 5.14 Å².